The Balaban J connectivity index is 1.64. The summed E-state index contributed by atoms with van der Waals surface area (Å²) in [5.41, 5.74) is 1.40. The number of hydrogen-bond donors (Lipinski definition) is 0. The number of carbonyl (C=O) groups is 1. The van der Waals surface area contributed by atoms with E-state index in [-0.39, 0.29) is 5.78 Å². The van der Waals surface area contributed by atoms with E-state index in [0.717, 1.165) is 10.6 Å². The number of ketones is 1. The zero-order valence-corrected chi connectivity index (χ0v) is 12.2. The van der Waals surface area contributed by atoms with Gasteiger partial charge in [-0.1, -0.05) is 6.07 Å². The minimum Gasteiger partial charge on any atom is -0.487 e. The van der Waals surface area contributed by atoms with Crippen molar-refractivity contribution < 1.29 is 13.9 Å². The van der Waals surface area contributed by atoms with Gasteiger partial charge in [-0.05, 0) is 42.6 Å². The first-order valence-electron chi connectivity index (χ1n) is 6.44. The van der Waals surface area contributed by atoms with Gasteiger partial charge in [0.1, 0.15) is 24.3 Å². The molecule has 5 heteroatoms. The Morgan fingerprint density at radius 3 is 2.76 bits per heavy atom. The monoisotopic (exact) mass is 299 g/mol. The van der Waals surface area contributed by atoms with Crippen molar-refractivity contribution in [2.45, 2.75) is 13.5 Å². The number of benzene rings is 1. The van der Waals surface area contributed by atoms with Crippen LogP contribution in [0.2, 0.25) is 0 Å². The Morgan fingerprint density at radius 1 is 1.29 bits per heavy atom. The van der Waals surface area contributed by atoms with Crippen molar-refractivity contribution in [1.29, 1.82) is 0 Å². The lowest BCUT2D eigenvalue weighted by Gasteiger charge is -2.04. The van der Waals surface area contributed by atoms with Crippen molar-refractivity contribution in [2.24, 2.45) is 0 Å². The van der Waals surface area contributed by atoms with E-state index in [1.165, 1.54) is 6.92 Å². The molecule has 0 spiro atoms. The minimum atomic E-state index is 0.0404. The van der Waals surface area contributed by atoms with Crippen LogP contribution >= 0.6 is 11.3 Å². The summed E-state index contributed by atoms with van der Waals surface area (Å²) in [6.45, 7) is 1.87. The van der Waals surface area contributed by atoms with E-state index >= 15 is 0 Å². The number of carbonyl (C=O) groups excluding carboxylic acids is 1. The van der Waals surface area contributed by atoms with Crippen LogP contribution in [0.4, 0.5) is 0 Å². The molecule has 0 unspecified atom stereocenters. The van der Waals surface area contributed by atoms with E-state index in [0.29, 0.717) is 23.8 Å². The zero-order chi connectivity index (χ0) is 14.7. The van der Waals surface area contributed by atoms with Gasteiger partial charge in [0.15, 0.2) is 5.78 Å². The summed E-state index contributed by atoms with van der Waals surface area (Å²) in [5.74, 6) is 1.34. The maximum atomic E-state index is 11.2. The molecule has 0 radical (unpaired) electrons. The van der Waals surface area contributed by atoms with Crippen LogP contribution in [0.5, 0.6) is 5.75 Å². The number of nitrogens with zero attached hydrogens (tertiary/aromatic N) is 1. The van der Waals surface area contributed by atoms with Crippen LogP contribution in [-0.4, -0.2) is 10.8 Å². The highest BCUT2D eigenvalue weighted by Gasteiger charge is 2.08. The third-order valence-corrected chi connectivity index (χ3v) is 3.79. The highest BCUT2D eigenvalue weighted by Crippen LogP contribution is 2.24. The highest BCUT2D eigenvalue weighted by molar-refractivity contribution is 7.13. The Labute approximate surface area is 126 Å². The molecule has 106 valence electrons. The van der Waals surface area contributed by atoms with Crippen LogP contribution < -0.4 is 4.74 Å². The Kier molecular flexibility index (Phi) is 3.83. The molecule has 0 bridgehead atoms. The second-order valence-electron chi connectivity index (χ2n) is 4.49. The third kappa shape index (κ3) is 3.20. The van der Waals surface area contributed by atoms with E-state index in [1.807, 2.05) is 17.5 Å². The van der Waals surface area contributed by atoms with Gasteiger partial charge in [-0.25, -0.2) is 4.98 Å². The molecule has 0 fully saturated rings. The molecule has 0 atom stereocenters. The fraction of sp³-hybridized carbons (Fsp3) is 0.125. The molecule has 0 aliphatic rings. The van der Waals surface area contributed by atoms with Crippen molar-refractivity contribution in [2.75, 3.05) is 0 Å². The molecular weight excluding hydrogens is 286 g/mol. The molecule has 2 aromatic heterocycles. The summed E-state index contributed by atoms with van der Waals surface area (Å²) >= 11 is 1.58. The average Bonchev–Trinajstić information content (AvgIpc) is 3.16. The highest BCUT2D eigenvalue weighted by atomic mass is 32.1. The van der Waals surface area contributed by atoms with Crippen molar-refractivity contribution in [3.05, 3.63) is 59.3 Å². The van der Waals surface area contributed by atoms with Gasteiger partial charge in [0.25, 0.3) is 0 Å². The summed E-state index contributed by atoms with van der Waals surface area (Å²) in [5, 5.41) is 1.98. The predicted octanol–water partition coefficient (Wildman–Crippen LogP) is 4.18. The van der Waals surface area contributed by atoms with Gasteiger partial charge in [-0.3, -0.25) is 4.79 Å². The van der Waals surface area contributed by atoms with Crippen LogP contribution in [0.1, 0.15) is 23.0 Å². The van der Waals surface area contributed by atoms with Gasteiger partial charge in [-0.2, -0.15) is 0 Å². The van der Waals surface area contributed by atoms with Crippen molar-refractivity contribution >= 4 is 17.1 Å². The van der Waals surface area contributed by atoms with Crippen molar-refractivity contribution in [1.82, 2.24) is 4.98 Å². The van der Waals surface area contributed by atoms with Gasteiger partial charge in [0, 0.05) is 5.56 Å². The molecule has 4 nitrogen and oxygen atoms in total. The average molecular weight is 299 g/mol. The molecule has 0 N–H and O–H groups in total. The molecule has 0 saturated carbocycles. The van der Waals surface area contributed by atoms with Crippen LogP contribution in [-0.2, 0) is 6.61 Å². The molecule has 0 aliphatic heterocycles. The molecular formula is C16H13NO3S. The van der Waals surface area contributed by atoms with Crippen molar-refractivity contribution in [3.63, 3.8) is 0 Å². The number of thiophene rings is 1. The number of oxazole rings is 1. The second-order valence-corrected chi connectivity index (χ2v) is 5.44. The van der Waals surface area contributed by atoms with E-state index in [1.54, 1.807) is 41.9 Å². The minimum absolute atomic E-state index is 0.0404. The Morgan fingerprint density at radius 2 is 2.10 bits per heavy atom. The van der Waals surface area contributed by atoms with Crippen LogP contribution in [0.15, 0.2) is 52.5 Å². The molecule has 21 heavy (non-hydrogen) atoms. The number of rotatable bonds is 5. The lowest BCUT2D eigenvalue weighted by molar-refractivity contribution is 0.101. The largest absolute Gasteiger partial charge is 0.487 e. The van der Waals surface area contributed by atoms with Gasteiger partial charge >= 0.3 is 0 Å². The van der Waals surface area contributed by atoms with Crippen molar-refractivity contribution in [3.8, 4) is 16.5 Å². The summed E-state index contributed by atoms with van der Waals surface area (Å²) in [6, 6.07) is 11.0. The number of hydrogen-bond acceptors (Lipinski definition) is 5. The van der Waals surface area contributed by atoms with Gasteiger partial charge < -0.3 is 9.15 Å². The number of Topliss-reactive ketones (excluding diaryl/α,β-unsaturated/α-hetero) is 1. The molecule has 2 heterocycles. The molecule has 3 aromatic rings. The maximum Gasteiger partial charge on any atom is 0.236 e. The van der Waals surface area contributed by atoms with Gasteiger partial charge in [-0.15, -0.1) is 11.3 Å². The fourth-order valence-electron chi connectivity index (χ4n) is 1.83. The molecule has 1 aromatic carbocycles. The number of aromatic nitrogens is 1. The topological polar surface area (TPSA) is 52.3 Å². The predicted molar refractivity (Wildman–Crippen MR) is 80.6 cm³/mol. The lowest BCUT2D eigenvalue weighted by atomic mass is 10.1. The number of ether oxygens (including phenoxy) is 1. The summed E-state index contributed by atoms with van der Waals surface area (Å²) in [4.78, 5) is 16.6. The maximum absolute atomic E-state index is 11.2. The SMILES string of the molecule is CC(=O)c1ccc(OCc2coc(-c3cccs3)n2)cc1. The fourth-order valence-corrected chi connectivity index (χ4v) is 2.49. The smallest absolute Gasteiger partial charge is 0.236 e. The molecule has 3 rings (SSSR count). The van der Waals surface area contributed by atoms with E-state index in [9.17, 15) is 4.79 Å². The molecule has 0 saturated heterocycles. The molecule has 0 amide bonds. The quantitative estimate of drug-likeness (QED) is 0.663. The third-order valence-electron chi connectivity index (χ3n) is 2.93. The first kappa shape index (κ1) is 13.6. The second kappa shape index (κ2) is 5.93. The molecule has 0 aliphatic carbocycles. The van der Waals surface area contributed by atoms with Crippen LogP contribution in [0.3, 0.4) is 0 Å². The lowest BCUT2D eigenvalue weighted by Crippen LogP contribution is -1.97. The van der Waals surface area contributed by atoms with E-state index in [2.05, 4.69) is 4.98 Å². The first-order valence-corrected chi connectivity index (χ1v) is 7.32. The Bertz CT molecular complexity index is 729. The summed E-state index contributed by atoms with van der Waals surface area (Å²) in [6.07, 6.45) is 1.60. The zero-order valence-electron chi connectivity index (χ0n) is 11.4. The summed E-state index contributed by atoms with van der Waals surface area (Å²) in [7, 11) is 0. The van der Waals surface area contributed by atoms with Crippen LogP contribution in [0, 0.1) is 0 Å². The Hall–Kier alpha value is -2.40. The van der Waals surface area contributed by atoms with Crippen LogP contribution in [0.25, 0.3) is 10.8 Å². The standard InChI is InChI=1S/C16H13NO3S/c1-11(18)12-4-6-14(7-5-12)19-9-13-10-20-16(17-13)15-3-2-8-21-15/h2-8,10H,9H2,1H3. The van der Waals surface area contributed by atoms with E-state index in [4.69, 9.17) is 9.15 Å². The van der Waals surface area contributed by atoms with Gasteiger partial charge in [0.2, 0.25) is 5.89 Å². The summed E-state index contributed by atoms with van der Waals surface area (Å²) < 4.78 is 11.0. The van der Waals surface area contributed by atoms with E-state index < -0.39 is 0 Å². The normalized spacial score (nSPS) is 10.5. The van der Waals surface area contributed by atoms with Gasteiger partial charge in [0.05, 0.1) is 4.88 Å². The first-order chi connectivity index (χ1) is 10.2.